The second kappa shape index (κ2) is 10.3. The highest BCUT2D eigenvalue weighted by Crippen LogP contribution is 2.34. The zero-order chi connectivity index (χ0) is 21.0. The number of rotatable bonds is 7. The van der Waals surface area contributed by atoms with E-state index in [0.29, 0.717) is 29.7 Å². The van der Waals surface area contributed by atoms with E-state index in [9.17, 15) is 14.0 Å². The smallest absolute Gasteiger partial charge is 0.308 e. The molecule has 30 heavy (non-hydrogen) atoms. The van der Waals surface area contributed by atoms with Crippen molar-refractivity contribution in [1.82, 2.24) is 5.32 Å². The van der Waals surface area contributed by atoms with Crippen molar-refractivity contribution in [2.45, 2.75) is 25.4 Å². The van der Waals surface area contributed by atoms with Crippen molar-refractivity contribution < 1.29 is 28.2 Å². The summed E-state index contributed by atoms with van der Waals surface area (Å²) in [6, 6.07) is 8.82. The first-order valence-corrected chi connectivity index (χ1v) is 9.17. The van der Waals surface area contributed by atoms with Crippen LogP contribution in [-0.2, 0) is 16.1 Å². The Hall–Kier alpha value is -2.84. The Balaban J connectivity index is 0.00000320. The van der Waals surface area contributed by atoms with Crippen LogP contribution in [0.15, 0.2) is 36.4 Å². The van der Waals surface area contributed by atoms with Gasteiger partial charge in [0.2, 0.25) is 0 Å². The van der Waals surface area contributed by atoms with Gasteiger partial charge in [-0.25, -0.2) is 4.39 Å². The van der Waals surface area contributed by atoms with Crippen LogP contribution in [0.2, 0.25) is 0 Å². The van der Waals surface area contributed by atoms with Crippen molar-refractivity contribution in [2.24, 2.45) is 11.7 Å². The molecular weight excluding hydrogens is 415 g/mol. The molecule has 2 aromatic carbocycles. The Kier molecular flexibility index (Phi) is 8.02. The Morgan fingerprint density at radius 1 is 1.13 bits per heavy atom. The van der Waals surface area contributed by atoms with Gasteiger partial charge in [0.25, 0.3) is 5.91 Å². The molecule has 3 rings (SSSR count). The second-order valence-corrected chi connectivity index (χ2v) is 6.83. The molecule has 162 valence electrons. The van der Waals surface area contributed by atoms with Crippen LogP contribution in [0.25, 0.3) is 0 Å². The summed E-state index contributed by atoms with van der Waals surface area (Å²) < 4.78 is 29.5. The second-order valence-electron chi connectivity index (χ2n) is 6.83. The summed E-state index contributed by atoms with van der Waals surface area (Å²) in [5.74, 6) is -0.286. The molecule has 0 saturated heterocycles. The largest absolute Gasteiger partial charge is 0.493 e. The number of benzene rings is 2. The van der Waals surface area contributed by atoms with Gasteiger partial charge >= 0.3 is 5.97 Å². The fraction of sp³-hybridized carbons (Fsp3) is 0.333. The Morgan fingerprint density at radius 3 is 2.50 bits per heavy atom. The number of halogens is 2. The Labute approximate surface area is 180 Å². The molecule has 0 aliphatic heterocycles. The summed E-state index contributed by atoms with van der Waals surface area (Å²) in [6.07, 6.45) is 1.09. The van der Waals surface area contributed by atoms with E-state index < -0.39 is 5.82 Å². The van der Waals surface area contributed by atoms with E-state index in [2.05, 4.69) is 5.32 Å². The first kappa shape index (κ1) is 23.4. The molecular formula is C21H24ClFN2O5. The SMILES string of the molecule is COC(=O)C1CC(NC(=O)c2ccc(OC)c(Oc3cc(F)cc(CN)c3)c2)C1.Cl. The van der Waals surface area contributed by atoms with Gasteiger partial charge in [-0.15, -0.1) is 12.4 Å². The lowest BCUT2D eigenvalue weighted by molar-refractivity contribution is -0.149. The van der Waals surface area contributed by atoms with Crippen LogP contribution in [-0.4, -0.2) is 32.1 Å². The number of hydrogen-bond acceptors (Lipinski definition) is 6. The van der Waals surface area contributed by atoms with E-state index in [4.69, 9.17) is 19.9 Å². The topological polar surface area (TPSA) is 99.9 Å². The maximum Gasteiger partial charge on any atom is 0.308 e. The maximum absolute atomic E-state index is 13.7. The van der Waals surface area contributed by atoms with Gasteiger partial charge < -0.3 is 25.3 Å². The number of carbonyl (C=O) groups is 2. The third-order valence-electron chi connectivity index (χ3n) is 4.83. The molecule has 1 aliphatic carbocycles. The van der Waals surface area contributed by atoms with Crippen LogP contribution in [0.3, 0.4) is 0 Å². The maximum atomic E-state index is 13.7. The number of nitrogens with two attached hydrogens (primary N) is 1. The lowest BCUT2D eigenvalue weighted by Crippen LogP contribution is -2.47. The van der Waals surface area contributed by atoms with E-state index in [0.717, 1.165) is 0 Å². The summed E-state index contributed by atoms with van der Waals surface area (Å²) in [5, 5.41) is 2.88. The fourth-order valence-corrected chi connectivity index (χ4v) is 3.19. The summed E-state index contributed by atoms with van der Waals surface area (Å²) in [7, 11) is 2.82. The van der Waals surface area contributed by atoms with Gasteiger partial charge in [-0.3, -0.25) is 9.59 Å². The molecule has 0 spiro atoms. The van der Waals surface area contributed by atoms with Crippen LogP contribution >= 0.6 is 12.4 Å². The van der Waals surface area contributed by atoms with E-state index in [1.165, 1.54) is 32.4 Å². The Morgan fingerprint density at radius 2 is 1.87 bits per heavy atom. The molecule has 7 nitrogen and oxygen atoms in total. The van der Waals surface area contributed by atoms with Gasteiger partial charge in [-0.1, -0.05) is 0 Å². The zero-order valence-corrected chi connectivity index (χ0v) is 17.5. The third-order valence-corrected chi connectivity index (χ3v) is 4.83. The number of nitrogens with one attached hydrogen (secondary N) is 1. The molecule has 1 amide bonds. The molecule has 3 N–H and O–H groups in total. The van der Waals surface area contributed by atoms with Gasteiger partial charge in [0.05, 0.1) is 20.1 Å². The highest BCUT2D eigenvalue weighted by Gasteiger charge is 2.36. The first-order valence-electron chi connectivity index (χ1n) is 9.17. The molecule has 9 heteroatoms. The normalized spacial score (nSPS) is 17.2. The van der Waals surface area contributed by atoms with E-state index in [-0.39, 0.29) is 54.3 Å². The highest BCUT2D eigenvalue weighted by molar-refractivity contribution is 5.95. The van der Waals surface area contributed by atoms with Gasteiger partial charge in [0.1, 0.15) is 11.6 Å². The molecule has 0 aromatic heterocycles. The van der Waals surface area contributed by atoms with Crippen molar-refractivity contribution in [3.63, 3.8) is 0 Å². The number of methoxy groups -OCH3 is 2. The molecule has 0 heterocycles. The molecule has 1 saturated carbocycles. The van der Waals surface area contributed by atoms with Crippen LogP contribution in [0.5, 0.6) is 17.2 Å². The number of ether oxygens (including phenoxy) is 3. The first-order chi connectivity index (χ1) is 13.9. The molecule has 0 bridgehead atoms. The van der Waals surface area contributed by atoms with Gasteiger partial charge in [0, 0.05) is 24.2 Å². The van der Waals surface area contributed by atoms with Gasteiger partial charge in [-0.05, 0) is 48.7 Å². The standard InChI is InChI=1S/C21H23FN2O5.ClH/c1-27-18-4-3-13(20(25)24-16-7-14(8-16)21(26)28-2)9-19(18)29-17-6-12(11-23)5-15(22)10-17;/h3-6,9-10,14,16H,7-8,11,23H2,1-2H3,(H,24,25);1H. The van der Waals surface area contributed by atoms with Crippen molar-refractivity contribution in [3.8, 4) is 17.2 Å². The van der Waals surface area contributed by atoms with Crippen LogP contribution in [0.4, 0.5) is 4.39 Å². The lowest BCUT2D eigenvalue weighted by Gasteiger charge is -2.33. The van der Waals surface area contributed by atoms with Gasteiger partial charge in [0.15, 0.2) is 11.5 Å². The third kappa shape index (κ3) is 5.40. The van der Waals surface area contributed by atoms with Crippen molar-refractivity contribution in [3.05, 3.63) is 53.3 Å². The zero-order valence-electron chi connectivity index (χ0n) is 16.6. The minimum atomic E-state index is -0.471. The number of esters is 1. The predicted octanol–water partition coefficient (Wildman–Crippen LogP) is 3.19. The predicted molar refractivity (Wildman–Crippen MR) is 111 cm³/mol. The molecule has 0 radical (unpaired) electrons. The summed E-state index contributed by atoms with van der Waals surface area (Å²) in [6.45, 7) is 0.168. The van der Waals surface area contributed by atoms with Crippen molar-refractivity contribution in [1.29, 1.82) is 0 Å². The van der Waals surface area contributed by atoms with Crippen molar-refractivity contribution in [2.75, 3.05) is 14.2 Å². The quantitative estimate of drug-likeness (QED) is 0.644. The highest BCUT2D eigenvalue weighted by atomic mass is 35.5. The number of carbonyl (C=O) groups excluding carboxylic acids is 2. The average molecular weight is 439 g/mol. The van der Waals surface area contributed by atoms with Crippen LogP contribution in [0, 0.1) is 11.7 Å². The van der Waals surface area contributed by atoms with Gasteiger partial charge in [-0.2, -0.15) is 0 Å². The monoisotopic (exact) mass is 438 g/mol. The Bertz CT molecular complexity index is 918. The minimum absolute atomic E-state index is 0. The molecule has 1 aliphatic rings. The number of hydrogen-bond donors (Lipinski definition) is 2. The minimum Gasteiger partial charge on any atom is -0.493 e. The van der Waals surface area contributed by atoms with E-state index in [1.54, 1.807) is 18.2 Å². The summed E-state index contributed by atoms with van der Waals surface area (Å²) in [5.41, 5.74) is 6.51. The summed E-state index contributed by atoms with van der Waals surface area (Å²) >= 11 is 0. The van der Waals surface area contributed by atoms with Crippen molar-refractivity contribution >= 4 is 24.3 Å². The van der Waals surface area contributed by atoms with E-state index in [1.807, 2.05) is 0 Å². The van der Waals surface area contributed by atoms with Crippen LogP contribution < -0.4 is 20.5 Å². The lowest BCUT2D eigenvalue weighted by atomic mass is 9.80. The molecule has 2 aromatic rings. The van der Waals surface area contributed by atoms with E-state index >= 15 is 0 Å². The molecule has 0 atom stereocenters. The number of amides is 1. The van der Waals surface area contributed by atoms with Crippen LogP contribution in [0.1, 0.15) is 28.8 Å². The molecule has 1 fully saturated rings. The summed E-state index contributed by atoms with van der Waals surface area (Å²) in [4.78, 5) is 24.0. The fourth-order valence-electron chi connectivity index (χ4n) is 3.19. The molecule has 0 unspecified atom stereocenters. The average Bonchev–Trinajstić information content (AvgIpc) is 2.69.